The zero-order chi connectivity index (χ0) is 22.7. The number of hydrogen-bond acceptors (Lipinski definition) is 6. The van der Waals surface area contributed by atoms with Crippen LogP contribution in [0.5, 0.6) is 0 Å². The fraction of sp³-hybridized carbons (Fsp3) is 0.304. The van der Waals surface area contributed by atoms with Crippen LogP contribution >= 0.6 is 0 Å². The Hall–Kier alpha value is -3.72. The molecule has 4 rings (SSSR count). The van der Waals surface area contributed by atoms with Gasteiger partial charge in [-0.25, -0.2) is 9.48 Å². The van der Waals surface area contributed by atoms with Crippen molar-refractivity contribution in [1.82, 2.24) is 29.0 Å². The molecule has 0 aliphatic carbocycles. The van der Waals surface area contributed by atoms with E-state index in [0.29, 0.717) is 36.6 Å². The van der Waals surface area contributed by atoms with Gasteiger partial charge in [0.25, 0.3) is 5.56 Å². The zero-order valence-corrected chi connectivity index (χ0v) is 18.4. The van der Waals surface area contributed by atoms with Gasteiger partial charge in [-0.15, -0.1) is 0 Å². The van der Waals surface area contributed by atoms with Crippen molar-refractivity contribution in [3.05, 3.63) is 76.6 Å². The third-order valence-electron chi connectivity index (χ3n) is 5.41. The first-order chi connectivity index (χ1) is 15.5. The number of carbonyl (C=O) groups excluding carboxylic acids is 1. The molecule has 0 atom stereocenters. The first-order valence-corrected chi connectivity index (χ1v) is 10.5. The molecule has 1 aromatic carbocycles. The molecule has 166 valence electrons. The number of hydrogen-bond donors (Lipinski definition) is 0. The largest absolute Gasteiger partial charge is 0.462 e. The summed E-state index contributed by atoms with van der Waals surface area (Å²) < 4.78 is 10.4. The number of benzene rings is 1. The monoisotopic (exact) mass is 434 g/mol. The van der Waals surface area contributed by atoms with E-state index in [1.54, 1.807) is 35.5 Å². The fourth-order valence-corrected chi connectivity index (χ4v) is 3.72. The van der Waals surface area contributed by atoms with Gasteiger partial charge in [-0.1, -0.05) is 18.2 Å². The van der Waals surface area contributed by atoms with Gasteiger partial charge in [-0.3, -0.25) is 14.4 Å². The summed E-state index contributed by atoms with van der Waals surface area (Å²) in [6.07, 6.45) is 5.17. The van der Waals surface area contributed by atoms with Gasteiger partial charge in [0.2, 0.25) is 0 Å². The van der Waals surface area contributed by atoms with E-state index >= 15 is 0 Å². The van der Waals surface area contributed by atoms with Crippen molar-refractivity contribution in [3.63, 3.8) is 0 Å². The van der Waals surface area contributed by atoms with Gasteiger partial charge in [0.05, 0.1) is 36.2 Å². The molecule has 4 aromatic rings. The number of likely N-dealkylation sites (N-methyl/N-ethyl adjacent to an activating group) is 1. The van der Waals surface area contributed by atoms with Crippen LogP contribution in [0.3, 0.4) is 0 Å². The molecule has 0 amide bonds. The van der Waals surface area contributed by atoms with E-state index in [-0.39, 0.29) is 12.2 Å². The molecule has 32 heavy (non-hydrogen) atoms. The van der Waals surface area contributed by atoms with Crippen LogP contribution in [0.4, 0.5) is 0 Å². The van der Waals surface area contributed by atoms with Crippen LogP contribution in [0.15, 0.2) is 59.8 Å². The molecule has 0 saturated carbocycles. The maximum Gasteiger partial charge on any atom is 0.341 e. The highest BCUT2D eigenvalue weighted by atomic mass is 16.5. The number of fused-ring (bicyclic) bond motifs is 1. The van der Waals surface area contributed by atoms with Gasteiger partial charge >= 0.3 is 5.97 Å². The van der Waals surface area contributed by atoms with Crippen LogP contribution in [0.2, 0.25) is 0 Å². The maximum atomic E-state index is 12.6. The van der Waals surface area contributed by atoms with E-state index in [9.17, 15) is 9.59 Å². The Labute approximate surface area is 185 Å². The van der Waals surface area contributed by atoms with E-state index < -0.39 is 5.97 Å². The topological polar surface area (TPSA) is 87.2 Å². The van der Waals surface area contributed by atoms with Crippen molar-refractivity contribution in [2.75, 3.05) is 20.2 Å². The van der Waals surface area contributed by atoms with E-state index in [1.165, 1.54) is 6.20 Å². The minimum atomic E-state index is -0.428. The Balaban J connectivity index is 1.76. The van der Waals surface area contributed by atoms with E-state index in [2.05, 4.69) is 15.1 Å². The van der Waals surface area contributed by atoms with Gasteiger partial charge in [0.15, 0.2) is 0 Å². The normalized spacial score (nSPS) is 11.4. The molecule has 0 N–H and O–H groups in total. The van der Waals surface area contributed by atoms with Crippen molar-refractivity contribution in [2.45, 2.75) is 20.0 Å². The number of rotatable bonds is 8. The second-order valence-electron chi connectivity index (χ2n) is 7.59. The second-order valence-corrected chi connectivity index (χ2v) is 7.59. The van der Waals surface area contributed by atoms with E-state index in [0.717, 1.165) is 10.9 Å². The Morgan fingerprint density at radius 3 is 2.75 bits per heavy atom. The van der Waals surface area contributed by atoms with Crippen molar-refractivity contribution in [1.29, 1.82) is 0 Å². The predicted molar refractivity (Wildman–Crippen MR) is 121 cm³/mol. The van der Waals surface area contributed by atoms with Crippen molar-refractivity contribution < 1.29 is 9.53 Å². The molecule has 0 fully saturated rings. The minimum absolute atomic E-state index is 0.148. The molecule has 0 aliphatic rings. The van der Waals surface area contributed by atoms with Crippen LogP contribution in [-0.4, -0.2) is 55.2 Å². The lowest BCUT2D eigenvalue weighted by molar-refractivity contribution is 0.0524. The summed E-state index contributed by atoms with van der Waals surface area (Å²) in [7, 11) is 3.71. The molecular weight excluding hydrogens is 408 g/mol. The molecule has 0 unspecified atom stereocenters. The Morgan fingerprint density at radius 1 is 1.19 bits per heavy atom. The summed E-state index contributed by atoms with van der Waals surface area (Å²) in [6, 6.07) is 11.1. The minimum Gasteiger partial charge on any atom is -0.462 e. The molecule has 0 saturated heterocycles. The molecular formula is C23H26N6O3. The summed E-state index contributed by atoms with van der Waals surface area (Å²) in [5.41, 5.74) is 2.34. The number of aryl methyl sites for hydroxylation is 1. The highest BCUT2D eigenvalue weighted by molar-refractivity contribution is 5.92. The van der Waals surface area contributed by atoms with Crippen LogP contribution in [-0.2, 0) is 24.9 Å². The highest BCUT2D eigenvalue weighted by Gasteiger charge is 2.22. The lowest BCUT2D eigenvalue weighted by atomic mass is 10.1. The molecule has 0 bridgehead atoms. The quantitative estimate of drug-likeness (QED) is 0.395. The summed E-state index contributed by atoms with van der Waals surface area (Å²) in [4.78, 5) is 27.4. The van der Waals surface area contributed by atoms with E-state index in [1.807, 2.05) is 48.3 Å². The van der Waals surface area contributed by atoms with Crippen LogP contribution in [0.1, 0.15) is 23.0 Å². The number of nitrogens with zero attached hydrogens (tertiary/aromatic N) is 6. The van der Waals surface area contributed by atoms with Crippen molar-refractivity contribution in [3.8, 4) is 5.69 Å². The Morgan fingerprint density at radius 2 is 2.00 bits per heavy atom. The smallest absolute Gasteiger partial charge is 0.341 e. The standard InChI is InChI=1S/C23H26N6O3/c1-4-32-23(31)18-15-25-29(21(18)16-26(2)12-13-28-11-7-10-24-28)20-14-22(30)27(3)19-9-6-5-8-17(19)20/h5-11,14-15H,4,12-13,16H2,1-3H3. The van der Waals surface area contributed by atoms with Gasteiger partial charge < -0.3 is 9.30 Å². The first-order valence-electron chi connectivity index (χ1n) is 10.5. The SMILES string of the molecule is CCOC(=O)c1cnn(-c2cc(=O)n(C)c3ccccc23)c1CN(C)CCn1cccn1. The lowest BCUT2D eigenvalue weighted by Gasteiger charge is -2.19. The van der Waals surface area contributed by atoms with E-state index in [4.69, 9.17) is 4.74 Å². The first kappa shape index (κ1) is 21.5. The molecule has 3 aromatic heterocycles. The average Bonchev–Trinajstić information content (AvgIpc) is 3.45. The molecule has 3 heterocycles. The predicted octanol–water partition coefficient (Wildman–Crippen LogP) is 2.23. The summed E-state index contributed by atoms with van der Waals surface area (Å²) in [6.45, 7) is 3.91. The third kappa shape index (κ3) is 4.19. The summed E-state index contributed by atoms with van der Waals surface area (Å²) in [5, 5.41) is 9.60. The third-order valence-corrected chi connectivity index (χ3v) is 5.41. The van der Waals surface area contributed by atoms with Crippen LogP contribution in [0.25, 0.3) is 16.6 Å². The van der Waals surface area contributed by atoms with Crippen LogP contribution in [0, 0.1) is 0 Å². The Bertz CT molecular complexity index is 1290. The maximum absolute atomic E-state index is 12.6. The second kappa shape index (κ2) is 9.19. The van der Waals surface area contributed by atoms with Crippen LogP contribution < -0.4 is 5.56 Å². The number of carbonyl (C=O) groups is 1. The van der Waals surface area contributed by atoms with Gasteiger partial charge in [-0.2, -0.15) is 10.2 Å². The lowest BCUT2D eigenvalue weighted by Crippen LogP contribution is -2.26. The number of ether oxygens (including phenoxy) is 1. The molecule has 0 spiro atoms. The zero-order valence-electron chi connectivity index (χ0n) is 18.4. The molecule has 9 nitrogen and oxygen atoms in total. The molecule has 9 heteroatoms. The summed E-state index contributed by atoms with van der Waals surface area (Å²) >= 11 is 0. The average molecular weight is 435 g/mol. The molecule has 0 aliphatic heterocycles. The summed E-state index contributed by atoms with van der Waals surface area (Å²) in [5.74, 6) is -0.428. The van der Waals surface area contributed by atoms with Gasteiger partial charge in [0.1, 0.15) is 5.56 Å². The molecule has 0 radical (unpaired) electrons. The van der Waals surface area contributed by atoms with Gasteiger partial charge in [-0.05, 0) is 26.1 Å². The Kier molecular flexibility index (Phi) is 6.18. The van der Waals surface area contributed by atoms with Crippen molar-refractivity contribution in [2.24, 2.45) is 7.05 Å². The van der Waals surface area contributed by atoms with Gasteiger partial charge in [0, 0.05) is 44.0 Å². The van der Waals surface area contributed by atoms with Crippen molar-refractivity contribution >= 4 is 16.9 Å². The highest BCUT2D eigenvalue weighted by Crippen LogP contribution is 2.24. The number of aromatic nitrogens is 5. The number of pyridine rings is 1. The fourth-order valence-electron chi connectivity index (χ4n) is 3.72. The number of para-hydroxylation sites is 1. The number of esters is 1.